The van der Waals surface area contributed by atoms with E-state index in [4.69, 9.17) is 4.89 Å². The van der Waals surface area contributed by atoms with Gasteiger partial charge in [-0.3, -0.25) is 4.79 Å². The van der Waals surface area contributed by atoms with Gasteiger partial charge in [0.25, 0.3) is 0 Å². The molecule has 0 amide bonds. The first kappa shape index (κ1) is 10.5. The van der Waals surface area contributed by atoms with Gasteiger partial charge in [0.2, 0.25) is 0 Å². The minimum absolute atomic E-state index is 0.0149. The van der Waals surface area contributed by atoms with E-state index in [1.807, 2.05) is 0 Å². The van der Waals surface area contributed by atoms with Crippen molar-refractivity contribution in [3.8, 4) is 0 Å². The van der Waals surface area contributed by atoms with Crippen LogP contribution in [0, 0.1) is 5.92 Å². The summed E-state index contributed by atoms with van der Waals surface area (Å²) in [7, 11) is 2.91. The van der Waals surface area contributed by atoms with Crippen LogP contribution in [0.3, 0.4) is 0 Å². The summed E-state index contributed by atoms with van der Waals surface area (Å²) >= 11 is 0. The van der Waals surface area contributed by atoms with Gasteiger partial charge in [-0.25, -0.2) is 9.78 Å². The first-order valence-corrected chi connectivity index (χ1v) is 4.55. The number of rotatable bonds is 3. The number of hydrogen-bond acceptors (Lipinski definition) is 4. The van der Waals surface area contributed by atoms with Crippen molar-refractivity contribution in [1.82, 2.24) is 0 Å². The van der Waals surface area contributed by atoms with Gasteiger partial charge in [0.1, 0.15) is 0 Å². The summed E-state index contributed by atoms with van der Waals surface area (Å²) in [5.41, 5.74) is 0. The molecule has 1 fully saturated rings. The third kappa shape index (κ3) is 2.97. The Morgan fingerprint density at radius 1 is 1.31 bits per heavy atom. The lowest BCUT2D eigenvalue weighted by atomic mass is 9.87. The number of carbonyl (C=O) groups is 1. The van der Waals surface area contributed by atoms with Crippen molar-refractivity contribution < 1.29 is 19.3 Å². The Kier molecular flexibility index (Phi) is 4.18. The highest BCUT2D eigenvalue weighted by molar-refractivity contribution is 5.72. The highest BCUT2D eigenvalue weighted by Crippen LogP contribution is 2.27. The number of methoxy groups -OCH3 is 1. The van der Waals surface area contributed by atoms with Gasteiger partial charge in [0.15, 0.2) is 0 Å². The molecule has 2 atom stereocenters. The van der Waals surface area contributed by atoms with Gasteiger partial charge in [-0.05, 0) is 25.7 Å². The lowest BCUT2D eigenvalue weighted by Gasteiger charge is -2.25. The first-order valence-electron chi connectivity index (χ1n) is 4.55. The molecule has 1 rings (SSSR count). The van der Waals surface area contributed by atoms with E-state index in [0.717, 1.165) is 19.3 Å². The molecular weight excluding hydrogens is 172 g/mol. The second-order valence-electron chi connectivity index (χ2n) is 3.27. The molecule has 0 aromatic rings. The fourth-order valence-corrected chi connectivity index (χ4v) is 1.75. The summed E-state index contributed by atoms with van der Waals surface area (Å²) < 4.78 is 4.68. The molecule has 0 spiro atoms. The molecule has 0 aliphatic heterocycles. The van der Waals surface area contributed by atoms with Crippen molar-refractivity contribution in [3.05, 3.63) is 0 Å². The van der Waals surface area contributed by atoms with Crippen LogP contribution in [0.1, 0.15) is 25.7 Å². The van der Waals surface area contributed by atoms with Crippen molar-refractivity contribution in [2.45, 2.75) is 31.8 Å². The fraction of sp³-hybridized carbons (Fsp3) is 0.889. The summed E-state index contributed by atoms with van der Waals surface area (Å²) in [6.45, 7) is 0. The number of ether oxygens (including phenoxy) is 1. The molecule has 1 aliphatic rings. The molecule has 0 saturated heterocycles. The van der Waals surface area contributed by atoms with Gasteiger partial charge in [-0.1, -0.05) is 0 Å². The third-order valence-corrected chi connectivity index (χ3v) is 2.39. The van der Waals surface area contributed by atoms with Crippen LogP contribution >= 0.6 is 0 Å². The predicted molar refractivity (Wildman–Crippen MR) is 45.9 cm³/mol. The quantitative estimate of drug-likeness (QED) is 0.380. The smallest absolute Gasteiger partial charge is 0.308 e. The van der Waals surface area contributed by atoms with Gasteiger partial charge >= 0.3 is 5.97 Å². The van der Waals surface area contributed by atoms with Crippen LogP contribution in [-0.2, 0) is 19.3 Å². The van der Waals surface area contributed by atoms with Gasteiger partial charge in [-0.15, -0.1) is 0 Å². The topological polar surface area (TPSA) is 44.8 Å². The molecule has 0 heterocycles. The zero-order valence-corrected chi connectivity index (χ0v) is 8.12. The normalized spacial score (nSPS) is 28.5. The molecule has 2 unspecified atom stereocenters. The maximum atomic E-state index is 11.2. The van der Waals surface area contributed by atoms with Crippen molar-refractivity contribution in [3.63, 3.8) is 0 Å². The average molecular weight is 188 g/mol. The maximum absolute atomic E-state index is 11.2. The second-order valence-corrected chi connectivity index (χ2v) is 3.27. The standard InChI is InChI=1S/C9H16O4/c1-11-9(10)7-4-3-5-8(6-7)13-12-2/h7-8H,3-6H2,1-2H3. The second kappa shape index (κ2) is 5.19. The molecule has 0 bridgehead atoms. The predicted octanol–water partition coefficient (Wildman–Crippen LogP) is 1.30. The molecule has 0 N–H and O–H groups in total. The van der Waals surface area contributed by atoms with Crippen molar-refractivity contribution in [1.29, 1.82) is 0 Å². The number of esters is 1. The largest absolute Gasteiger partial charge is 0.469 e. The van der Waals surface area contributed by atoms with Gasteiger partial charge in [0.05, 0.1) is 26.2 Å². The summed E-state index contributed by atoms with van der Waals surface area (Å²) in [5, 5.41) is 0. The van der Waals surface area contributed by atoms with Crippen molar-refractivity contribution >= 4 is 5.97 Å². The van der Waals surface area contributed by atoms with Crippen LogP contribution < -0.4 is 0 Å². The number of carbonyl (C=O) groups excluding carboxylic acids is 1. The van der Waals surface area contributed by atoms with E-state index in [-0.39, 0.29) is 18.0 Å². The minimum Gasteiger partial charge on any atom is -0.469 e. The molecule has 4 heteroatoms. The molecule has 4 nitrogen and oxygen atoms in total. The number of hydrogen-bond donors (Lipinski definition) is 0. The van der Waals surface area contributed by atoms with E-state index >= 15 is 0 Å². The highest BCUT2D eigenvalue weighted by Gasteiger charge is 2.28. The van der Waals surface area contributed by atoms with E-state index in [1.165, 1.54) is 14.2 Å². The Morgan fingerprint density at radius 2 is 2.08 bits per heavy atom. The summed E-state index contributed by atoms with van der Waals surface area (Å²) in [6, 6.07) is 0. The van der Waals surface area contributed by atoms with Crippen molar-refractivity contribution in [2.24, 2.45) is 5.92 Å². The van der Waals surface area contributed by atoms with Gasteiger partial charge < -0.3 is 4.74 Å². The molecule has 0 aromatic carbocycles. The van der Waals surface area contributed by atoms with Crippen LogP contribution in [-0.4, -0.2) is 26.3 Å². The highest BCUT2D eigenvalue weighted by atomic mass is 17.2. The fourth-order valence-electron chi connectivity index (χ4n) is 1.75. The molecular formula is C9H16O4. The lowest BCUT2D eigenvalue weighted by Crippen LogP contribution is -2.28. The average Bonchev–Trinajstić information content (AvgIpc) is 2.18. The zero-order valence-electron chi connectivity index (χ0n) is 8.12. The van der Waals surface area contributed by atoms with Crippen LogP contribution in [0.15, 0.2) is 0 Å². The van der Waals surface area contributed by atoms with Crippen LogP contribution in [0.4, 0.5) is 0 Å². The monoisotopic (exact) mass is 188 g/mol. The SMILES string of the molecule is COOC1CCCC(C(=O)OC)C1. The zero-order chi connectivity index (χ0) is 9.68. The van der Waals surface area contributed by atoms with Crippen LogP contribution in [0.25, 0.3) is 0 Å². The Hall–Kier alpha value is -0.610. The molecule has 0 aromatic heterocycles. The summed E-state index contributed by atoms with van der Waals surface area (Å²) in [5.74, 6) is -0.150. The first-order chi connectivity index (χ1) is 6.27. The Labute approximate surface area is 78.1 Å². The van der Waals surface area contributed by atoms with E-state index in [2.05, 4.69) is 9.62 Å². The van der Waals surface area contributed by atoms with Gasteiger partial charge in [0, 0.05) is 0 Å². The Balaban J connectivity index is 2.37. The maximum Gasteiger partial charge on any atom is 0.308 e. The van der Waals surface area contributed by atoms with Crippen LogP contribution in [0.5, 0.6) is 0 Å². The summed E-state index contributed by atoms with van der Waals surface area (Å²) in [6.07, 6.45) is 3.61. The summed E-state index contributed by atoms with van der Waals surface area (Å²) in [4.78, 5) is 20.8. The Bertz CT molecular complexity index is 167. The molecule has 1 saturated carbocycles. The third-order valence-electron chi connectivity index (χ3n) is 2.39. The van der Waals surface area contributed by atoms with E-state index in [1.54, 1.807) is 0 Å². The van der Waals surface area contributed by atoms with Crippen LogP contribution in [0.2, 0.25) is 0 Å². The van der Waals surface area contributed by atoms with E-state index in [9.17, 15) is 4.79 Å². The molecule has 0 radical (unpaired) electrons. The minimum atomic E-state index is -0.135. The van der Waals surface area contributed by atoms with E-state index < -0.39 is 0 Å². The lowest BCUT2D eigenvalue weighted by molar-refractivity contribution is -0.311. The molecule has 76 valence electrons. The van der Waals surface area contributed by atoms with Gasteiger partial charge in [-0.2, -0.15) is 0 Å². The van der Waals surface area contributed by atoms with E-state index in [0.29, 0.717) is 6.42 Å². The van der Waals surface area contributed by atoms with Crippen molar-refractivity contribution in [2.75, 3.05) is 14.2 Å². The molecule has 13 heavy (non-hydrogen) atoms. The molecule has 1 aliphatic carbocycles. The Morgan fingerprint density at radius 3 is 2.69 bits per heavy atom.